The average Bonchev–Trinajstić information content (AvgIpc) is 2.30. The molecule has 1 unspecified atom stereocenters. The normalized spacial score (nSPS) is 11.9. The average molecular weight is 269 g/mol. The van der Waals surface area contributed by atoms with Crippen molar-refractivity contribution in [2.45, 2.75) is 32.2 Å². The predicted molar refractivity (Wildman–Crippen MR) is 69.2 cm³/mol. The summed E-state index contributed by atoms with van der Waals surface area (Å²) < 4.78 is 12.9. The van der Waals surface area contributed by atoms with E-state index in [1.54, 1.807) is 0 Å². The number of nitrogens with one attached hydrogen (secondary N) is 1. The number of carbonyl (C=O) groups is 1. The molecule has 0 aliphatic carbocycles. The summed E-state index contributed by atoms with van der Waals surface area (Å²) >= 11 is 0. The third-order valence-corrected chi connectivity index (χ3v) is 2.49. The van der Waals surface area contributed by atoms with E-state index in [9.17, 15) is 19.3 Å². The van der Waals surface area contributed by atoms with Crippen molar-refractivity contribution in [2.24, 2.45) is 5.73 Å². The van der Waals surface area contributed by atoms with E-state index in [0.717, 1.165) is 12.1 Å². The highest BCUT2D eigenvalue weighted by atomic mass is 19.1. The van der Waals surface area contributed by atoms with Gasteiger partial charge in [-0.2, -0.15) is 0 Å². The van der Waals surface area contributed by atoms with E-state index in [-0.39, 0.29) is 24.1 Å². The lowest BCUT2D eigenvalue weighted by atomic mass is 10.1. The van der Waals surface area contributed by atoms with Crippen LogP contribution in [0.1, 0.15) is 26.2 Å². The second kappa shape index (κ2) is 6.79. The first-order chi connectivity index (χ1) is 8.90. The zero-order chi connectivity index (χ0) is 14.4. The van der Waals surface area contributed by atoms with Gasteiger partial charge in [-0.05, 0) is 31.9 Å². The molecule has 0 aliphatic rings. The molecule has 0 radical (unpaired) electrons. The Hall–Kier alpha value is -2.02. The third-order valence-electron chi connectivity index (χ3n) is 2.49. The van der Waals surface area contributed by atoms with Crippen molar-refractivity contribution in [3.8, 4) is 0 Å². The SMILES string of the molecule is CC(N)CCCC(=O)Nc1ccc(F)cc1[N+](=O)[O-]. The van der Waals surface area contributed by atoms with Crippen LogP contribution in [0.15, 0.2) is 18.2 Å². The standard InChI is InChI=1S/C12H16FN3O3/c1-8(14)3-2-4-12(17)15-10-6-5-9(13)7-11(10)16(18)19/h5-8H,2-4,14H2,1H3,(H,15,17). The van der Waals surface area contributed by atoms with E-state index in [1.165, 1.54) is 6.07 Å². The Morgan fingerprint density at radius 3 is 2.84 bits per heavy atom. The molecular formula is C12H16FN3O3. The smallest absolute Gasteiger partial charge is 0.295 e. The van der Waals surface area contributed by atoms with Crippen LogP contribution in [0.2, 0.25) is 0 Å². The van der Waals surface area contributed by atoms with Crippen molar-refractivity contribution in [1.29, 1.82) is 0 Å². The third kappa shape index (κ3) is 5.01. The summed E-state index contributed by atoms with van der Waals surface area (Å²) in [6.07, 6.45) is 1.51. The largest absolute Gasteiger partial charge is 0.328 e. The molecule has 1 atom stereocenters. The van der Waals surface area contributed by atoms with Crippen LogP contribution in [0, 0.1) is 15.9 Å². The second-order valence-electron chi connectivity index (χ2n) is 4.34. The molecule has 0 spiro atoms. The van der Waals surface area contributed by atoms with Crippen LogP contribution >= 0.6 is 0 Å². The molecule has 1 rings (SSSR count). The minimum atomic E-state index is -0.735. The maximum absolute atomic E-state index is 12.9. The lowest BCUT2D eigenvalue weighted by Crippen LogP contribution is -2.17. The summed E-state index contributed by atoms with van der Waals surface area (Å²) in [5, 5.41) is 13.1. The number of hydrogen-bond donors (Lipinski definition) is 2. The zero-order valence-corrected chi connectivity index (χ0v) is 10.6. The van der Waals surface area contributed by atoms with Crippen LogP contribution in [0.5, 0.6) is 0 Å². The Morgan fingerprint density at radius 2 is 2.26 bits per heavy atom. The van der Waals surface area contributed by atoms with Gasteiger partial charge >= 0.3 is 0 Å². The number of nitrogens with two attached hydrogens (primary N) is 1. The number of halogens is 1. The molecule has 0 saturated carbocycles. The minimum absolute atomic E-state index is 0.00260. The maximum atomic E-state index is 12.9. The van der Waals surface area contributed by atoms with Gasteiger partial charge in [-0.25, -0.2) is 4.39 Å². The number of nitro benzene ring substituents is 1. The molecule has 0 bridgehead atoms. The number of hydrogen-bond acceptors (Lipinski definition) is 4. The van der Waals surface area contributed by atoms with Crippen LogP contribution in [-0.2, 0) is 4.79 Å². The number of benzene rings is 1. The summed E-state index contributed by atoms with van der Waals surface area (Å²) in [4.78, 5) is 21.6. The van der Waals surface area contributed by atoms with Crippen LogP contribution in [0.4, 0.5) is 15.8 Å². The lowest BCUT2D eigenvalue weighted by Gasteiger charge is -2.07. The number of carbonyl (C=O) groups excluding carboxylic acids is 1. The highest BCUT2D eigenvalue weighted by Crippen LogP contribution is 2.25. The number of nitro groups is 1. The molecule has 1 aromatic rings. The van der Waals surface area contributed by atoms with E-state index in [4.69, 9.17) is 5.73 Å². The van der Waals surface area contributed by atoms with Crippen LogP contribution in [-0.4, -0.2) is 16.9 Å². The quantitative estimate of drug-likeness (QED) is 0.610. The zero-order valence-electron chi connectivity index (χ0n) is 10.6. The highest BCUT2D eigenvalue weighted by molar-refractivity contribution is 5.92. The van der Waals surface area contributed by atoms with Gasteiger partial charge in [0.05, 0.1) is 11.0 Å². The van der Waals surface area contributed by atoms with Crippen LogP contribution in [0.3, 0.4) is 0 Å². The van der Waals surface area contributed by atoms with Gasteiger partial charge in [0.15, 0.2) is 0 Å². The van der Waals surface area contributed by atoms with E-state index in [0.29, 0.717) is 12.8 Å². The molecule has 3 N–H and O–H groups in total. The fraction of sp³-hybridized carbons (Fsp3) is 0.417. The number of anilines is 1. The second-order valence-corrected chi connectivity index (χ2v) is 4.34. The molecule has 0 fully saturated rings. The molecule has 0 aliphatic heterocycles. The summed E-state index contributed by atoms with van der Waals surface area (Å²) in [5.74, 6) is -1.07. The Kier molecular flexibility index (Phi) is 5.37. The topological polar surface area (TPSA) is 98.3 Å². The first-order valence-electron chi connectivity index (χ1n) is 5.89. The first-order valence-corrected chi connectivity index (χ1v) is 5.89. The number of rotatable bonds is 6. The molecule has 6 nitrogen and oxygen atoms in total. The fourth-order valence-corrected chi connectivity index (χ4v) is 1.56. The molecule has 1 amide bonds. The van der Waals surface area contributed by atoms with Gasteiger partial charge in [0.25, 0.3) is 5.69 Å². The van der Waals surface area contributed by atoms with Gasteiger partial charge in [0.1, 0.15) is 11.5 Å². The Balaban J connectivity index is 2.66. The Morgan fingerprint density at radius 1 is 1.58 bits per heavy atom. The highest BCUT2D eigenvalue weighted by Gasteiger charge is 2.16. The van der Waals surface area contributed by atoms with Crippen LogP contribution < -0.4 is 11.1 Å². The summed E-state index contributed by atoms with van der Waals surface area (Å²) in [5.41, 5.74) is 5.09. The number of nitrogens with zero attached hydrogens (tertiary/aromatic N) is 1. The molecule has 19 heavy (non-hydrogen) atoms. The van der Waals surface area contributed by atoms with E-state index in [1.807, 2.05) is 6.92 Å². The minimum Gasteiger partial charge on any atom is -0.328 e. The molecular weight excluding hydrogens is 253 g/mol. The van der Waals surface area contributed by atoms with Gasteiger partial charge in [-0.1, -0.05) is 0 Å². The number of amides is 1. The van der Waals surface area contributed by atoms with Gasteiger partial charge < -0.3 is 11.1 Å². The fourth-order valence-electron chi connectivity index (χ4n) is 1.56. The van der Waals surface area contributed by atoms with E-state index >= 15 is 0 Å². The van der Waals surface area contributed by atoms with Gasteiger partial charge in [0, 0.05) is 12.5 Å². The molecule has 104 valence electrons. The molecule has 0 heterocycles. The molecule has 7 heteroatoms. The van der Waals surface area contributed by atoms with E-state index < -0.39 is 16.4 Å². The molecule has 0 saturated heterocycles. The lowest BCUT2D eigenvalue weighted by molar-refractivity contribution is -0.384. The van der Waals surface area contributed by atoms with Crippen LogP contribution in [0.25, 0.3) is 0 Å². The van der Waals surface area contributed by atoms with Gasteiger partial charge in [0.2, 0.25) is 5.91 Å². The first kappa shape index (κ1) is 15.0. The monoisotopic (exact) mass is 269 g/mol. The predicted octanol–water partition coefficient (Wildman–Crippen LogP) is 2.19. The van der Waals surface area contributed by atoms with Crippen molar-refractivity contribution in [3.05, 3.63) is 34.1 Å². The van der Waals surface area contributed by atoms with Crippen molar-refractivity contribution < 1.29 is 14.1 Å². The van der Waals surface area contributed by atoms with Gasteiger partial charge in [-0.3, -0.25) is 14.9 Å². The van der Waals surface area contributed by atoms with Crippen molar-refractivity contribution >= 4 is 17.3 Å². The van der Waals surface area contributed by atoms with Crippen molar-refractivity contribution in [2.75, 3.05) is 5.32 Å². The van der Waals surface area contributed by atoms with E-state index in [2.05, 4.69) is 5.32 Å². The Labute approximate surface area is 109 Å². The molecule has 0 aromatic heterocycles. The Bertz CT molecular complexity index is 477. The maximum Gasteiger partial charge on any atom is 0.295 e. The van der Waals surface area contributed by atoms with Crippen molar-refractivity contribution in [3.63, 3.8) is 0 Å². The summed E-state index contributed by atoms with van der Waals surface area (Å²) in [7, 11) is 0. The van der Waals surface area contributed by atoms with Crippen molar-refractivity contribution in [1.82, 2.24) is 0 Å². The summed E-state index contributed by atoms with van der Waals surface area (Å²) in [6.45, 7) is 1.84. The summed E-state index contributed by atoms with van der Waals surface area (Å²) in [6, 6.07) is 3.02. The van der Waals surface area contributed by atoms with Gasteiger partial charge in [-0.15, -0.1) is 0 Å². The molecule has 1 aromatic carbocycles.